The van der Waals surface area contributed by atoms with E-state index in [1.807, 2.05) is 0 Å². The summed E-state index contributed by atoms with van der Waals surface area (Å²) in [7, 11) is 0. The van der Waals surface area contributed by atoms with E-state index in [4.69, 9.17) is 4.42 Å². The third-order valence-corrected chi connectivity index (χ3v) is 3.77. The maximum Gasteiger partial charge on any atom is 0.347 e. The van der Waals surface area contributed by atoms with Gasteiger partial charge in [0.1, 0.15) is 16.9 Å². The van der Waals surface area contributed by atoms with Gasteiger partial charge in [0.2, 0.25) is 0 Å². The molecule has 4 nitrogen and oxygen atoms in total. The summed E-state index contributed by atoms with van der Waals surface area (Å²) in [4.78, 5) is 24.2. The SMILES string of the molecule is O=C(/C=C/c1ccc(O)cc1)c1cc2cc(Br)ccc2oc1=O. The van der Waals surface area contributed by atoms with E-state index in [0.29, 0.717) is 11.0 Å². The van der Waals surface area contributed by atoms with Crippen LogP contribution in [-0.4, -0.2) is 10.9 Å². The molecule has 0 saturated carbocycles. The molecule has 0 saturated heterocycles. The number of allylic oxidation sites excluding steroid dienone is 1. The maximum atomic E-state index is 12.2. The molecule has 0 amide bonds. The van der Waals surface area contributed by atoms with Crippen molar-refractivity contribution in [2.75, 3.05) is 0 Å². The Morgan fingerprint density at radius 3 is 2.57 bits per heavy atom. The van der Waals surface area contributed by atoms with Gasteiger partial charge in [0, 0.05) is 9.86 Å². The molecule has 0 atom stereocenters. The van der Waals surface area contributed by atoms with Crippen LogP contribution in [0.15, 0.2) is 68.3 Å². The number of carbonyl (C=O) groups excluding carboxylic acids is 1. The van der Waals surface area contributed by atoms with E-state index >= 15 is 0 Å². The zero-order chi connectivity index (χ0) is 16.4. The zero-order valence-electron chi connectivity index (χ0n) is 11.8. The van der Waals surface area contributed by atoms with E-state index in [0.717, 1.165) is 10.0 Å². The molecule has 0 fully saturated rings. The second-order valence-corrected chi connectivity index (χ2v) is 5.83. The van der Waals surface area contributed by atoms with Gasteiger partial charge >= 0.3 is 5.63 Å². The lowest BCUT2D eigenvalue weighted by Gasteiger charge is -2.00. The molecule has 1 heterocycles. The van der Waals surface area contributed by atoms with Crippen molar-refractivity contribution in [3.63, 3.8) is 0 Å². The number of hydrogen-bond acceptors (Lipinski definition) is 4. The number of benzene rings is 2. The number of aromatic hydroxyl groups is 1. The molecule has 2 aromatic carbocycles. The molecule has 5 heteroatoms. The first kappa shape index (κ1) is 15.2. The molecule has 0 aliphatic heterocycles. The molecule has 1 N–H and O–H groups in total. The summed E-state index contributed by atoms with van der Waals surface area (Å²) < 4.78 is 6.00. The minimum absolute atomic E-state index is 0.0226. The number of rotatable bonds is 3. The van der Waals surface area contributed by atoms with Crippen LogP contribution >= 0.6 is 15.9 Å². The summed E-state index contributed by atoms with van der Waals surface area (Å²) in [6.07, 6.45) is 2.88. The van der Waals surface area contributed by atoms with Crippen molar-refractivity contribution in [3.8, 4) is 5.75 Å². The van der Waals surface area contributed by atoms with Gasteiger partial charge in [-0.25, -0.2) is 4.79 Å². The van der Waals surface area contributed by atoms with Crippen molar-refractivity contribution in [3.05, 3.63) is 80.6 Å². The predicted molar refractivity (Wildman–Crippen MR) is 91.7 cm³/mol. The average molecular weight is 371 g/mol. The molecule has 0 radical (unpaired) electrons. The highest BCUT2D eigenvalue weighted by atomic mass is 79.9. The summed E-state index contributed by atoms with van der Waals surface area (Å²) in [6, 6.07) is 13.1. The van der Waals surface area contributed by atoms with Crippen LogP contribution in [0.1, 0.15) is 15.9 Å². The number of ketones is 1. The fourth-order valence-corrected chi connectivity index (χ4v) is 2.49. The molecule has 23 heavy (non-hydrogen) atoms. The van der Waals surface area contributed by atoms with E-state index < -0.39 is 11.4 Å². The van der Waals surface area contributed by atoms with Gasteiger partial charge in [-0.15, -0.1) is 0 Å². The summed E-state index contributed by atoms with van der Waals surface area (Å²) in [5.41, 5.74) is 0.479. The maximum absolute atomic E-state index is 12.2. The quantitative estimate of drug-likeness (QED) is 0.427. The van der Waals surface area contributed by atoms with Gasteiger partial charge in [-0.3, -0.25) is 4.79 Å². The zero-order valence-corrected chi connectivity index (χ0v) is 13.4. The Morgan fingerprint density at radius 1 is 1.09 bits per heavy atom. The smallest absolute Gasteiger partial charge is 0.347 e. The Bertz CT molecular complexity index is 968. The van der Waals surface area contributed by atoms with Crippen LogP contribution in [0.2, 0.25) is 0 Å². The topological polar surface area (TPSA) is 67.5 Å². The third-order valence-electron chi connectivity index (χ3n) is 3.28. The van der Waals surface area contributed by atoms with E-state index in [-0.39, 0.29) is 11.3 Å². The van der Waals surface area contributed by atoms with E-state index in [1.165, 1.54) is 24.3 Å². The predicted octanol–water partition coefficient (Wildman–Crippen LogP) is 4.16. The lowest BCUT2D eigenvalue weighted by Crippen LogP contribution is -2.11. The molecule has 0 spiro atoms. The third kappa shape index (κ3) is 3.40. The highest BCUT2D eigenvalue weighted by molar-refractivity contribution is 9.10. The number of carbonyl (C=O) groups is 1. The number of phenolic OH excluding ortho intramolecular Hbond substituents is 1. The van der Waals surface area contributed by atoms with Crippen LogP contribution in [0, 0.1) is 0 Å². The fourth-order valence-electron chi connectivity index (χ4n) is 2.11. The highest BCUT2D eigenvalue weighted by Crippen LogP contribution is 2.19. The summed E-state index contributed by atoms with van der Waals surface area (Å²) in [6.45, 7) is 0. The van der Waals surface area contributed by atoms with Crippen molar-refractivity contribution in [1.29, 1.82) is 0 Å². The first-order chi connectivity index (χ1) is 11.0. The van der Waals surface area contributed by atoms with Crippen molar-refractivity contribution < 1.29 is 14.3 Å². The van der Waals surface area contributed by atoms with Crippen LogP contribution in [0.4, 0.5) is 0 Å². The van der Waals surface area contributed by atoms with Crippen molar-refractivity contribution in [2.24, 2.45) is 0 Å². The molecule has 3 aromatic rings. The Balaban J connectivity index is 1.95. The standard InChI is InChI=1S/C18H11BrO4/c19-13-4-8-17-12(9-13)10-15(18(22)23-17)16(21)7-3-11-1-5-14(20)6-2-11/h1-10,20H/b7-3+. The average Bonchev–Trinajstić information content (AvgIpc) is 2.54. The van der Waals surface area contributed by atoms with Crippen molar-refractivity contribution in [1.82, 2.24) is 0 Å². The normalized spacial score (nSPS) is 11.2. The number of fused-ring (bicyclic) bond motifs is 1. The summed E-state index contributed by atoms with van der Waals surface area (Å²) in [5, 5.41) is 9.89. The molecule has 114 valence electrons. The molecular formula is C18H11BrO4. The fraction of sp³-hybridized carbons (Fsp3) is 0. The van der Waals surface area contributed by atoms with E-state index in [2.05, 4.69) is 15.9 Å². The molecule has 0 unspecified atom stereocenters. The Morgan fingerprint density at radius 2 is 1.83 bits per heavy atom. The number of halogens is 1. The van der Waals surface area contributed by atoms with Crippen molar-refractivity contribution >= 4 is 38.8 Å². The molecule has 0 aliphatic carbocycles. The van der Waals surface area contributed by atoms with Crippen LogP contribution < -0.4 is 5.63 Å². The van der Waals surface area contributed by atoms with E-state index in [9.17, 15) is 14.7 Å². The summed E-state index contributed by atoms with van der Waals surface area (Å²) >= 11 is 3.34. The van der Waals surface area contributed by atoms with Gasteiger partial charge in [0.05, 0.1) is 0 Å². The van der Waals surface area contributed by atoms with Crippen LogP contribution in [0.25, 0.3) is 17.0 Å². The molecule has 0 aliphatic rings. The molecular weight excluding hydrogens is 360 g/mol. The first-order valence-corrected chi connectivity index (χ1v) is 7.57. The Hall–Kier alpha value is -2.66. The van der Waals surface area contributed by atoms with Crippen molar-refractivity contribution in [2.45, 2.75) is 0 Å². The molecule has 3 rings (SSSR count). The summed E-state index contributed by atoms with van der Waals surface area (Å²) in [5.74, 6) is -0.289. The van der Waals surface area contributed by atoms with Crippen LogP contribution in [0.3, 0.4) is 0 Å². The number of phenols is 1. The second kappa shape index (κ2) is 6.22. The monoisotopic (exact) mass is 370 g/mol. The second-order valence-electron chi connectivity index (χ2n) is 4.92. The van der Waals surface area contributed by atoms with Gasteiger partial charge in [0.15, 0.2) is 5.78 Å². The Kier molecular flexibility index (Phi) is 4.12. The highest BCUT2D eigenvalue weighted by Gasteiger charge is 2.11. The van der Waals surface area contributed by atoms with Gasteiger partial charge in [-0.1, -0.05) is 34.1 Å². The van der Waals surface area contributed by atoms with Gasteiger partial charge in [-0.2, -0.15) is 0 Å². The lowest BCUT2D eigenvalue weighted by molar-refractivity contribution is 0.104. The first-order valence-electron chi connectivity index (χ1n) is 6.78. The molecule has 0 bridgehead atoms. The van der Waals surface area contributed by atoms with E-state index in [1.54, 1.807) is 36.4 Å². The van der Waals surface area contributed by atoms with Gasteiger partial charge in [-0.05, 0) is 48.0 Å². The number of hydrogen-bond donors (Lipinski definition) is 1. The van der Waals surface area contributed by atoms with Crippen LogP contribution in [0.5, 0.6) is 5.75 Å². The minimum Gasteiger partial charge on any atom is -0.508 e. The molecule has 1 aromatic heterocycles. The Labute approximate surface area is 139 Å². The minimum atomic E-state index is -0.667. The largest absolute Gasteiger partial charge is 0.508 e. The van der Waals surface area contributed by atoms with Crippen LogP contribution in [-0.2, 0) is 0 Å². The lowest BCUT2D eigenvalue weighted by atomic mass is 10.1. The van der Waals surface area contributed by atoms with Gasteiger partial charge in [0.25, 0.3) is 0 Å². The van der Waals surface area contributed by atoms with Gasteiger partial charge < -0.3 is 9.52 Å².